The molecule has 5 aliphatic heterocycles. The molecule has 6 aliphatic carbocycles. The fourth-order valence-electron chi connectivity index (χ4n) is 27.9. The van der Waals surface area contributed by atoms with Crippen LogP contribution >= 0.6 is 0 Å². The highest BCUT2D eigenvalue weighted by Gasteiger charge is 2.50. The summed E-state index contributed by atoms with van der Waals surface area (Å²) in [5, 5.41) is 41.7. The number of piperidine rings is 5. The van der Waals surface area contributed by atoms with E-state index in [9.17, 15) is 54.6 Å². The molecule has 8 aromatic heterocycles. The quantitative estimate of drug-likeness (QED) is 0.0569. The Morgan fingerprint density at radius 2 is 0.764 bits per heavy atom. The summed E-state index contributed by atoms with van der Waals surface area (Å²) in [6, 6.07) is 34.7. The fraction of sp³-hybridized carbons (Fsp3) is 0.476. The number of hydrogen-bond acceptors (Lipinski definition) is 17. The number of pyridine rings is 4. The second kappa shape index (κ2) is 43.4. The predicted molar refractivity (Wildman–Crippen MR) is 574 cm³/mol. The maximum atomic E-state index is 13.3. The third-order valence-corrected chi connectivity index (χ3v) is 35.8. The molecule has 0 radical (unpaired) electrons. The SMILES string of the molecule is C=C(C1CCCC1)N1C[C@H]2CC[C@@H](C1)C2c1cn(C)c2ncc(CC(=O)c3ccc(OC)c(C#N)c3)c(C)c12.Cc1c(CC(=O)c2cccc(C#N)c2)cnc2c1c(C1C[C@H](C)N(C(=O)C3CCCC3)C[C@H]1C)cn2C.Cc1c(CC(=O)c2cccc(C#N)c2)cnc2c1c(C1[C@@H]3CC[C@H]1CN(C(=O)C(C)C)C3)cn2C.Cc1c(CC(=O)c2cccc(C#N)c2)cnc2c1c([C@@H]1C[C@H]3CC[C@@H]1CN3C(=O)C1CCCC1)cn2C. The standard InChI is InChI=1S/C33H38N4O2.C31H34N4O2.C31H36N4O2.C29H32N4O2/c1-20-27(14-29(38)23-11-12-30(39-4)26(13-23)15-34)16-35-33-31(20)28(19-36(33)3)32-24-9-10-25(32)18-37(17-24)21(2)22-7-5-6-8-22;1-19-24(13-28(36)22-9-5-6-20(12-22)15-32)16-33-30-29(19)27(18-34(30)2)26-14-25-11-10-23(26)17-35(25)31(37)21-7-3-4-8-21;1-19-17-35(31(37)23-9-5-6-10-23)20(2)12-26(19)27-18-34(4)30-29(27)21(3)25(16-33-30)14-28(36)24-11-7-8-22(13-24)15-32;1-17(2)29(35)33-14-21-8-9-22(15-33)27(21)24-16-32(4)28-26(24)18(3)23(13-31-28)11-25(34)20-7-5-6-19(10-20)12-30/h11-13,16,19,22,24-25,32H,2,5-10,14,17-18H2,1,3-4H3;5-6,9,12,16,18,21,23,25-26H,3-4,7-8,10-11,13-14,17H2,1-2H3;7-8,11,13,16,18-20,23,26H,5-6,9-10,12,14,17H2,1-4H3;5-7,10,13,16-17,21-22,27H,8-9,11,14-15H2,1-4H3/t24-,25+,32?;23-,25-,26-;19-,20+,26?;21-,22+,27?/m.11./s1. The molecule has 11 aliphatic rings. The average molecular weight is 1980 g/mol. The first kappa shape index (κ1) is 103. The Bertz CT molecular complexity index is 7180. The topological polar surface area (TPSA) is 308 Å². The first-order valence-electron chi connectivity index (χ1n) is 54.2. The van der Waals surface area contributed by atoms with Gasteiger partial charge in [-0.25, -0.2) is 19.9 Å². The van der Waals surface area contributed by atoms with Crippen molar-refractivity contribution in [2.75, 3.05) is 46.4 Å². The van der Waals surface area contributed by atoms with E-state index >= 15 is 0 Å². The van der Waals surface area contributed by atoms with Crippen LogP contribution in [0.3, 0.4) is 0 Å². The fourth-order valence-corrected chi connectivity index (χ4v) is 27.9. The van der Waals surface area contributed by atoms with Gasteiger partial charge in [0, 0.05) is 222 Å². The van der Waals surface area contributed by atoms with Crippen molar-refractivity contribution >= 4 is 85.0 Å². The third kappa shape index (κ3) is 20.2. The van der Waals surface area contributed by atoms with Gasteiger partial charge in [0.1, 0.15) is 34.4 Å². The summed E-state index contributed by atoms with van der Waals surface area (Å²) in [6.45, 7) is 27.0. The normalized spacial score (nSPS) is 22.6. The Balaban J connectivity index is 0.000000124. The van der Waals surface area contributed by atoms with Crippen molar-refractivity contribution in [1.29, 1.82) is 21.0 Å². The summed E-state index contributed by atoms with van der Waals surface area (Å²) in [5.74, 6) is 7.27. The van der Waals surface area contributed by atoms with Crippen molar-refractivity contribution in [3.05, 3.63) is 264 Å². The van der Waals surface area contributed by atoms with Crippen LogP contribution in [0.1, 0.15) is 310 Å². The number of ketones is 4. The highest BCUT2D eigenvalue weighted by Crippen LogP contribution is 2.55. The zero-order valence-corrected chi connectivity index (χ0v) is 88.4. The zero-order valence-electron chi connectivity index (χ0n) is 88.4. The van der Waals surface area contributed by atoms with Crippen molar-refractivity contribution < 1.29 is 38.3 Å². The number of rotatable bonds is 22. The van der Waals surface area contributed by atoms with E-state index < -0.39 is 0 Å². The van der Waals surface area contributed by atoms with E-state index in [1.54, 1.807) is 91.0 Å². The summed E-state index contributed by atoms with van der Waals surface area (Å²) in [4.78, 5) is 120. The maximum absolute atomic E-state index is 13.3. The molecule has 6 bridgehead atoms. The van der Waals surface area contributed by atoms with Gasteiger partial charge in [0.05, 0.1) is 47.6 Å². The number of aromatic nitrogens is 8. The van der Waals surface area contributed by atoms with E-state index in [0.29, 0.717) is 133 Å². The van der Waals surface area contributed by atoms with Crippen LogP contribution in [0.2, 0.25) is 0 Å². The number of carbonyl (C=O) groups is 7. The first-order valence-corrected chi connectivity index (χ1v) is 54.2. The Morgan fingerprint density at radius 1 is 0.405 bits per heavy atom. The minimum Gasteiger partial charge on any atom is -0.495 e. The van der Waals surface area contributed by atoms with Crippen molar-refractivity contribution in [3.63, 3.8) is 0 Å². The molecule has 11 fully saturated rings. The van der Waals surface area contributed by atoms with E-state index in [2.05, 4.69) is 142 Å². The molecule has 5 saturated heterocycles. The molecule has 3 unspecified atom stereocenters. The molecule has 12 atom stereocenters. The minimum absolute atomic E-state index is 0.00313. The van der Waals surface area contributed by atoms with Crippen molar-refractivity contribution in [3.8, 4) is 30.0 Å². The highest BCUT2D eigenvalue weighted by atomic mass is 16.5. The monoisotopic (exact) mass is 1980 g/mol. The molecule has 3 amide bonds. The molecule has 0 N–H and O–H groups in total. The van der Waals surface area contributed by atoms with Crippen LogP contribution in [-0.2, 0) is 68.3 Å². The minimum atomic E-state index is -0.0188. The highest BCUT2D eigenvalue weighted by molar-refractivity contribution is 6.02. The van der Waals surface area contributed by atoms with Crippen molar-refractivity contribution in [1.82, 2.24) is 57.8 Å². The summed E-state index contributed by atoms with van der Waals surface area (Å²) in [5.41, 5.74) is 22.8. The number of Topliss-reactive ketones (excluding diaryl/α,β-unsaturated/α-hetero) is 4. The Hall–Kier alpha value is -14.0. The van der Waals surface area contributed by atoms with Crippen molar-refractivity contribution in [2.24, 2.45) is 87.4 Å². The number of benzene rings is 4. The number of aryl methyl sites for hydroxylation is 8. The van der Waals surface area contributed by atoms with Crippen molar-refractivity contribution in [2.45, 2.75) is 245 Å². The van der Waals surface area contributed by atoms with E-state index in [0.717, 1.165) is 175 Å². The van der Waals surface area contributed by atoms with Gasteiger partial charge in [-0.15, -0.1) is 0 Å². The summed E-state index contributed by atoms with van der Waals surface area (Å²) < 4.78 is 13.7. The van der Waals surface area contributed by atoms with Gasteiger partial charge in [-0.05, 0) is 311 Å². The summed E-state index contributed by atoms with van der Waals surface area (Å²) in [7, 11) is 9.73. The lowest BCUT2D eigenvalue weighted by molar-refractivity contribution is -0.143. The molecule has 12 aromatic rings. The number of carbonyl (C=O) groups excluding carboxylic acids is 7. The molecule has 13 heterocycles. The van der Waals surface area contributed by atoms with Gasteiger partial charge in [-0.1, -0.05) is 102 Å². The van der Waals surface area contributed by atoms with E-state index in [1.165, 1.54) is 116 Å². The van der Waals surface area contributed by atoms with Crippen LogP contribution in [0.5, 0.6) is 5.75 Å². The number of nitriles is 4. The molecular formula is C124H140N16O8. The Morgan fingerprint density at radius 3 is 1.14 bits per heavy atom. The summed E-state index contributed by atoms with van der Waals surface area (Å²) >= 11 is 0. The number of nitrogens with zero attached hydrogens (tertiary/aromatic N) is 16. The maximum Gasteiger partial charge on any atom is 0.225 e. The molecule has 148 heavy (non-hydrogen) atoms. The van der Waals surface area contributed by atoms with Gasteiger partial charge in [-0.2, -0.15) is 21.0 Å². The molecule has 23 rings (SSSR count). The number of methoxy groups -OCH3 is 1. The van der Waals surface area contributed by atoms with Crippen LogP contribution in [0, 0.1) is 132 Å². The van der Waals surface area contributed by atoms with Crippen LogP contribution in [0.4, 0.5) is 0 Å². The van der Waals surface area contributed by atoms with Gasteiger partial charge >= 0.3 is 0 Å². The smallest absolute Gasteiger partial charge is 0.225 e. The number of ether oxygens (including phenoxy) is 1. The first-order chi connectivity index (χ1) is 71.4. The van der Waals surface area contributed by atoms with E-state index in [-0.39, 0.29) is 78.5 Å². The molecule has 764 valence electrons. The van der Waals surface area contributed by atoms with Crippen LogP contribution < -0.4 is 4.74 Å². The lowest BCUT2D eigenvalue weighted by atomic mass is 9.68. The largest absolute Gasteiger partial charge is 0.495 e. The van der Waals surface area contributed by atoms with Crippen LogP contribution in [0.15, 0.2) is 153 Å². The van der Waals surface area contributed by atoms with Gasteiger partial charge in [0.2, 0.25) is 17.7 Å². The second-order valence-corrected chi connectivity index (χ2v) is 45.2. The molecule has 0 spiro atoms. The van der Waals surface area contributed by atoms with Crippen LogP contribution in [-0.4, -0.2) is 157 Å². The van der Waals surface area contributed by atoms with E-state index in [4.69, 9.17) is 24.7 Å². The average Bonchev–Trinajstić information content (AvgIpc) is 1.58. The van der Waals surface area contributed by atoms with Gasteiger partial charge in [0.15, 0.2) is 23.1 Å². The number of likely N-dealkylation sites (tertiary alicyclic amines) is 3. The van der Waals surface area contributed by atoms with Gasteiger partial charge in [0.25, 0.3) is 0 Å². The van der Waals surface area contributed by atoms with E-state index in [1.807, 2.05) is 59.8 Å². The molecule has 24 heteroatoms. The van der Waals surface area contributed by atoms with Crippen LogP contribution in [0.25, 0.3) is 44.1 Å². The third-order valence-electron chi connectivity index (χ3n) is 35.8. The molecular weight excluding hydrogens is 1840 g/mol. The number of hydrogen-bond donors (Lipinski definition) is 0. The van der Waals surface area contributed by atoms with Gasteiger partial charge < -0.3 is 42.6 Å². The number of allylic oxidation sites excluding steroid dienone is 1. The second-order valence-electron chi connectivity index (χ2n) is 45.2. The Labute approximate surface area is 870 Å². The lowest BCUT2D eigenvalue weighted by Crippen LogP contribution is -2.54. The number of fused-ring (bicyclic) bond motifs is 11. The lowest BCUT2D eigenvalue weighted by Gasteiger charge is -2.50. The molecule has 6 saturated carbocycles. The Kier molecular flexibility index (Phi) is 30.1. The molecule has 4 aromatic carbocycles. The number of amides is 3. The summed E-state index contributed by atoms with van der Waals surface area (Å²) in [6.07, 6.45) is 40.6. The predicted octanol–water partition coefficient (Wildman–Crippen LogP) is 22.3. The molecule has 24 nitrogen and oxygen atoms in total. The van der Waals surface area contributed by atoms with Gasteiger partial charge in [-0.3, -0.25) is 33.6 Å². The zero-order chi connectivity index (χ0) is 104.